The minimum absolute atomic E-state index is 0.00196. The largest absolute Gasteiger partial charge is 0.355 e. The second kappa shape index (κ2) is 11.4. The molecule has 0 fully saturated rings. The molecule has 2 aromatic rings. The SMILES string of the molecule is CCNC(=O)C(CC)N(CCc1ccccc1)C(=O)CSc1ccccc1. The van der Waals surface area contributed by atoms with Gasteiger partial charge in [0.05, 0.1) is 5.75 Å². The van der Waals surface area contributed by atoms with Gasteiger partial charge >= 0.3 is 0 Å². The van der Waals surface area contributed by atoms with Gasteiger partial charge < -0.3 is 10.2 Å². The molecule has 0 aliphatic rings. The summed E-state index contributed by atoms with van der Waals surface area (Å²) in [7, 11) is 0. The maximum absolute atomic E-state index is 13.0. The van der Waals surface area contributed by atoms with Crippen molar-refractivity contribution >= 4 is 23.6 Å². The molecule has 2 aromatic carbocycles. The monoisotopic (exact) mass is 384 g/mol. The zero-order valence-electron chi connectivity index (χ0n) is 16.1. The van der Waals surface area contributed by atoms with Gasteiger partial charge in [0.1, 0.15) is 6.04 Å². The Morgan fingerprint density at radius 1 is 1.00 bits per heavy atom. The van der Waals surface area contributed by atoms with Crippen molar-refractivity contribution in [1.82, 2.24) is 10.2 Å². The number of carbonyl (C=O) groups is 2. The summed E-state index contributed by atoms with van der Waals surface area (Å²) in [6, 6.07) is 19.5. The van der Waals surface area contributed by atoms with Gasteiger partial charge in [0.2, 0.25) is 11.8 Å². The van der Waals surface area contributed by atoms with Crippen LogP contribution >= 0.6 is 11.8 Å². The van der Waals surface area contributed by atoms with Crippen LogP contribution in [0.4, 0.5) is 0 Å². The number of amides is 2. The standard InChI is InChI=1S/C22H28N2O2S/c1-3-20(22(26)23-4-2)24(16-15-18-11-7-5-8-12-18)21(25)17-27-19-13-9-6-10-14-19/h5-14,20H,3-4,15-17H2,1-2H3,(H,23,26). The fraction of sp³-hybridized carbons (Fsp3) is 0.364. The Morgan fingerprint density at radius 2 is 1.63 bits per heavy atom. The number of hydrogen-bond acceptors (Lipinski definition) is 3. The number of rotatable bonds is 10. The third kappa shape index (κ3) is 6.75. The van der Waals surface area contributed by atoms with Gasteiger partial charge in [0.25, 0.3) is 0 Å². The van der Waals surface area contributed by atoms with Crippen LogP contribution in [0.5, 0.6) is 0 Å². The van der Waals surface area contributed by atoms with Gasteiger partial charge in [-0.1, -0.05) is 55.5 Å². The first-order chi connectivity index (χ1) is 13.2. The summed E-state index contributed by atoms with van der Waals surface area (Å²) in [5, 5.41) is 2.86. The minimum atomic E-state index is -0.433. The molecule has 0 spiro atoms. The van der Waals surface area contributed by atoms with E-state index in [1.807, 2.05) is 62.4 Å². The van der Waals surface area contributed by atoms with Gasteiger partial charge in [-0.15, -0.1) is 11.8 Å². The van der Waals surface area contributed by atoms with Crippen LogP contribution in [-0.4, -0.2) is 41.6 Å². The molecule has 1 unspecified atom stereocenters. The molecule has 0 aliphatic heterocycles. The van der Waals surface area contributed by atoms with Crippen molar-refractivity contribution in [3.8, 4) is 0 Å². The summed E-state index contributed by atoms with van der Waals surface area (Å²) < 4.78 is 0. The van der Waals surface area contributed by atoms with E-state index in [9.17, 15) is 9.59 Å². The van der Waals surface area contributed by atoms with Crippen LogP contribution in [0.1, 0.15) is 25.8 Å². The van der Waals surface area contributed by atoms with Gasteiger partial charge in [-0.25, -0.2) is 0 Å². The maximum Gasteiger partial charge on any atom is 0.242 e. The molecule has 0 saturated carbocycles. The lowest BCUT2D eigenvalue weighted by Crippen LogP contribution is -2.50. The first-order valence-corrected chi connectivity index (χ1v) is 10.4. The molecule has 4 nitrogen and oxygen atoms in total. The molecule has 0 radical (unpaired) electrons. The van der Waals surface area contributed by atoms with Crippen LogP contribution in [0.2, 0.25) is 0 Å². The van der Waals surface area contributed by atoms with Gasteiger partial charge in [-0.05, 0) is 37.5 Å². The Hall–Kier alpha value is -2.27. The second-order valence-corrected chi connectivity index (χ2v) is 7.29. The third-order valence-electron chi connectivity index (χ3n) is 4.33. The molecule has 1 atom stereocenters. The summed E-state index contributed by atoms with van der Waals surface area (Å²) in [6.45, 7) is 4.95. The number of likely N-dealkylation sites (N-methyl/N-ethyl adjacent to an activating group) is 1. The summed E-state index contributed by atoms with van der Waals surface area (Å²) >= 11 is 1.51. The van der Waals surface area contributed by atoms with Gasteiger partial charge in [0.15, 0.2) is 0 Å². The predicted molar refractivity (Wildman–Crippen MR) is 112 cm³/mol. The first kappa shape index (κ1) is 21.0. The fourth-order valence-corrected chi connectivity index (χ4v) is 3.74. The van der Waals surface area contributed by atoms with Crippen LogP contribution in [0.3, 0.4) is 0 Å². The third-order valence-corrected chi connectivity index (χ3v) is 5.32. The minimum Gasteiger partial charge on any atom is -0.355 e. The van der Waals surface area contributed by atoms with E-state index in [4.69, 9.17) is 0 Å². The smallest absolute Gasteiger partial charge is 0.242 e. The van der Waals surface area contributed by atoms with Crippen LogP contribution in [0.15, 0.2) is 65.6 Å². The average Bonchev–Trinajstić information content (AvgIpc) is 2.71. The maximum atomic E-state index is 13.0. The lowest BCUT2D eigenvalue weighted by molar-refractivity contribution is -0.138. The molecule has 0 aliphatic carbocycles. The fourth-order valence-electron chi connectivity index (χ4n) is 2.93. The van der Waals surface area contributed by atoms with Gasteiger partial charge in [-0.3, -0.25) is 9.59 Å². The molecule has 27 heavy (non-hydrogen) atoms. The van der Waals surface area contributed by atoms with E-state index < -0.39 is 6.04 Å². The van der Waals surface area contributed by atoms with Crippen molar-refractivity contribution in [2.24, 2.45) is 0 Å². The Bertz CT molecular complexity index is 707. The van der Waals surface area contributed by atoms with Crippen LogP contribution in [-0.2, 0) is 16.0 Å². The zero-order valence-corrected chi connectivity index (χ0v) is 16.9. The first-order valence-electron chi connectivity index (χ1n) is 9.44. The van der Waals surface area contributed by atoms with Crippen LogP contribution in [0, 0.1) is 0 Å². The normalized spacial score (nSPS) is 11.6. The number of nitrogens with zero attached hydrogens (tertiary/aromatic N) is 1. The molecule has 1 N–H and O–H groups in total. The molecule has 2 rings (SSSR count). The quantitative estimate of drug-likeness (QED) is 0.635. The Kier molecular flexibility index (Phi) is 8.92. The number of thioether (sulfide) groups is 1. The molecule has 5 heteroatoms. The van der Waals surface area contributed by atoms with E-state index in [1.165, 1.54) is 11.8 Å². The average molecular weight is 385 g/mol. The highest BCUT2D eigenvalue weighted by Crippen LogP contribution is 2.19. The van der Waals surface area contributed by atoms with Gasteiger partial charge in [0, 0.05) is 18.0 Å². The molecular formula is C22H28N2O2S. The van der Waals surface area contributed by atoms with E-state index in [1.54, 1.807) is 4.90 Å². The van der Waals surface area contributed by atoms with Crippen molar-refractivity contribution in [2.45, 2.75) is 37.6 Å². The lowest BCUT2D eigenvalue weighted by atomic mass is 10.1. The Morgan fingerprint density at radius 3 is 2.22 bits per heavy atom. The summed E-state index contributed by atoms with van der Waals surface area (Å²) in [5.41, 5.74) is 1.16. The second-order valence-electron chi connectivity index (χ2n) is 6.24. The molecular weight excluding hydrogens is 356 g/mol. The lowest BCUT2D eigenvalue weighted by Gasteiger charge is -2.30. The summed E-state index contributed by atoms with van der Waals surface area (Å²) in [6.07, 6.45) is 1.33. The highest BCUT2D eigenvalue weighted by molar-refractivity contribution is 8.00. The molecule has 0 heterocycles. The molecule has 0 bridgehead atoms. The number of hydrogen-bond donors (Lipinski definition) is 1. The molecule has 0 aromatic heterocycles. The van der Waals surface area contributed by atoms with E-state index in [0.717, 1.165) is 16.9 Å². The van der Waals surface area contributed by atoms with Gasteiger partial charge in [-0.2, -0.15) is 0 Å². The van der Waals surface area contributed by atoms with E-state index in [-0.39, 0.29) is 11.8 Å². The highest BCUT2D eigenvalue weighted by Gasteiger charge is 2.27. The van der Waals surface area contributed by atoms with Crippen LogP contribution < -0.4 is 5.32 Å². The highest BCUT2D eigenvalue weighted by atomic mass is 32.2. The van der Waals surface area contributed by atoms with E-state index >= 15 is 0 Å². The summed E-state index contributed by atoms with van der Waals surface area (Å²) in [5.74, 6) is 0.248. The zero-order chi connectivity index (χ0) is 19.5. The Balaban J connectivity index is 2.08. The molecule has 0 saturated heterocycles. The van der Waals surface area contributed by atoms with Crippen molar-refractivity contribution in [1.29, 1.82) is 0 Å². The number of nitrogens with one attached hydrogen (secondary N) is 1. The van der Waals surface area contributed by atoms with Crippen LogP contribution in [0.25, 0.3) is 0 Å². The topological polar surface area (TPSA) is 49.4 Å². The number of carbonyl (C=O) groups excluding carboxylic acids is 2. The molecule has 2 amide bonds. The summed E-state index contributed by atoms with van der Waals surface area (Å²) in [4.78, 5) is 28.3. The van der Waals surface area contributed by atoms with E-state index in [0.29, 0.717) is 25.3 Å². The predicted octanol–water partition coefficient (Wildman–Crippen LogP) is 3.76. The molecule has 144 valence electrons. The number of benzene rings is 2. The van der Waals surface area contributed by atoms with Crippen molar-refractivity contribution < 1.29 is 9.59 Å². The van der Waals surface area contributed by atoms with Crippen molar-refractivity contribution in [3.05, 3.63) is 66.2 Å². The van der Waals surface area contributed by atoms with E-state index in [2.05, 4.69) is 17.4 Å². The van der Waals surface area contributed by atoms with Crippen molar-refractivity contribution in [3.63, 3.8) is 0 Å². The Labute approximate surface area is 166 Å². The van der Waals surface area contributed by atoms with Crippen molar-refractivity contribution in [2.75, 3.05) is 18.8 Å².